The Morgan fingerprint density at radius 1 is 0.577 bits per heavy atom. The smallest absolute Gasteiger partial charge is 0.200 e. The first kappa shape index (κ1) is 18.1. The minimum Gasteiger partial charge on any atom is -0.239 e. The van der Waals surface area contributed by atoms with Crippen LogP contribution >= 0.6 is 0 Å². The van der Waals surface area contributed by atoms with Crippen molar-refractivity contribution < 1.29 is 26.2 Å². The van der Waals surface area contributed by atoms with Gasteiger partial charge in [0.05, 0.1) is 9.79 Å². The molecule has 0 aliphatic heterocycles. The van der Waals surface area contributed by atoms with Crippen LogP contribution in [0.5, 0.6) is 0 Å². The molecule has 0 atom stereocenters. The Balaban J connectivity index is 2.41. The van der Waals surface area contributed by atoms with E-state index in [9.17, 15) is 26.2 Å². The van der Waals surface area contributed by atoms with Crippen molar-refractivity contribution in [2.75, 3.05) is 0 Å². The van der Waals surface area contributed by atoms with Gasteiger partial charge in [-0.3, -0.25) is 0 Å². The third-order valence-corrected chi connectivity index (χ3v) is 5.79. The van der Waals surface area contributed by atoms with Gasteiger partial charge in [-0.15, -0.1) is 0 Å². The number of nitrogens with zero attached hydrogens (tertiary/aromatic N) is 1. The fourth-order valence-electron chi connectivity index (χ4n) is 2.25. The molecule has 3 aromatic rings. The minimum atomic E-state index is -3.70. The molecule has 0 N–H and O–H groups in total. The van der Waals surface area contributed by atoms with Gasteiger partial charge < -0.3 is 0 Å². The largest absolute Gasteiger partial charge is 0.239 e. The predicted molar refractivity (Wildman–Crippen MR) is 85.9 cm³/mol. The van der Waals surface area contributed by atoms with Crippen molar-refractivity contribution in [3.8, 4) is 0 Å². The Kier molecular flexibility index (Phi) is 4.78. The third-order valence-electron chi connectivity index (χ3n) is 3.53. The number of hydrogen-bond donors (Lipinski definition) is 0. The molecule has 0 saturated carbocycles. The zero-order chi connectivity index (χ0) is 18.9. The maximum Gasteiger partial charge on any atom is 0.200 e. The van der Waals surface area contributed by atoms with Crippen molar-refractivity contribution in [1.29, 1.82) is 0 Å². The lowest BCUT2D eigenvalue weighted by atomic mass is 10.2. The molecule has 0 unspecified atom stereocenters. The standard InChI is InChI=1S/C18H10F5NOS/c19-13-14(20)16(22)18(17(23)15(13)21)24-26(25,11-7-3-1-4-8-11)12-9-5-2-6-10-12/h1-10H. The maximum atomic E-state index is 14.0. The van der Waals surface area contributed by atoms with E-state index in [-0.39, 0.29) is 9.79 Å². The van der Waals surface area contributed by atoms with E-state index in [2.05, 4.69) is 4.36 Å². The van der Waals surface area contributed by atoms with Crippen LogP contribution in [0.3, 0.4) is 0 Å². The molecule has 0 aromatic heterocycles. The highest BCUT2D eigenvalue weighted by atomic mass is 32.2. The molecule has 26 heavy (non-hydrogen) atoms. The number of rotatable bonds is 3. The van der Waals surface area contributed by atoms with Crippen LogP contribution in [-0.2, 0) is 9.73 Å². The molecule has 134 valence electrons. The second-order valence-corrected chi connectivity index (χ2v) is 7.34. The van der Waals surface area contributed by atoms with E-state index < -0.39 is 44.5 Å². The summed E-state index contributed by atoms with van der Waals surface area (Å²) in [5.41, 5.74) is -1.47. The zero-order valence-corrected chi connectivity index (χ0v) is 13.7. The van der Waals surface area contributed by atoms with Gasteiger partial charge in [0, 0.05) is 0 Å². The van der Waals surface area contributed by atoms with Gasteiger partial charge in [0.15, 0.2) is 29.0 Å². The van der Waals surface area contributed by atoms with Crippen LogP contribution in [0.1, 0.15) is 0 Å². The molecule has 8 heteroatoms. The van der Waals surface area contributed by atoms with Crippen LogP contribution in [0.25, 0.3) is 0 Å². The van der Waals surface area contributed by atoms with Gasteiger partial charge in [-0.1, -0.05) is 36.4 Å². The molecule has 0 amide bonds. The summed E-state index contributed by atoms with van der Waals surface area (Å²) in [7, 11) is -3.70. The molecular formula is C18H10F5NOS. The van der Waals surface area contributed by atoms with Crippen molar-refractivity contribution in [2.45, 2.75) is 9.79 Å². The molecule has 0 fully saturated rings. The number of benzene rings is 3. The van der Waals surface area contributed by atoms with Crippen molar-refractivity contribution in [1.82, 2.24) is 0 Å². The topological polar surface area (TPSA) is 29.4 Å². The number of hydrogen-bond acceptors (Lipinski definition) is 2. The van der Waals surface area contributed by atoms with Gasteiger partial charge >= 0.3 is 0 Å². The highest BCUT2D eigenvalue weighted by Gasteiger charge is 2.28. The van der Waals surface area contributed by atoms with Crippen LogP contribution < -0.4 is 0 Å². The molecule has 0 aliphatic rings. The summed E-state index contributed by atoms with van der Waals surface area (Å²) < 4.78 is 85.3. The van der Waals surface area contributed by atoms with Crippen LogP contribution in [-0.4, -0.2) is 4.21 Å². The van der Waals surface area contributed by atoms with Gasteiger partial charge in [-0.2, -0.15) is 4.36 Å². The van der Waals surface area contributed by atoms with Gasteiger partial charge in [0.2, 0.25) is 5.82 Å². The number of halogens is 5. The molecule has 0 spiro atoms. The van der Waals surface area contributed by atoms with Gasteiger partial charge in [-0.25, -0.2) is 26.2 Å². The van der Waals surface area contributed by atoms with E-state index in [1.54, 1.807) is 12.1 Å². The first-order chi connectivity index (χ1) is 12.4. The Bertz CT molecular complexity index is 1000. The highest BCUT2D eigenvalue weighted by molar-refractivity contribution is 7.93. The first-order valence-corrected chi connectivity index (χ1v) is 8.76. The van der Waals surface area contributed by atoms with Crippen LogP contribution in [0, 0.1) is 29.1 Å². The molecule has 3 aromatic carbocycles. The van der Waals surface area contributed by atoms with Gasteiger partial charge in [-0.05, 0) is 24.3 Å². The van der Waals surface area contributed by atoms with Crippen LogP contribution in [0.15, 0.2) is 74.8 Å². The molecule has 0 aliphatic carbocycles. The van der Waals surface area contributed by atoms with E-state index >= 15 is 0 Å². The molecule has 0 saturated heterocycles. The van der Waals surface area contributed by atoms with E-state index in [0.29, 0.717) is 0 Å². The van der Waals surface area contributed by atoms with E-state index in [1.807, 2.05) is 0 Å². The molecule has 0 heterocycles. The fourth-order valence-corrected chi connectivity index (χ4v) is 4.21. The highest BCUT2D eigenvalue weighted by Crippen LogP contribution is 2.34. The molecular weight excluding hydrogens is 373 g/mol. The minimum absolute atomic E-state index is 0.0649. The maximum absolute atomic E-state index is 14.0. The summed E-state index contributed by atoms with van der Waals surface area (Å²) in [6.07, 6.45) is 0. The van der Waals surface area contributed by atoms with Crippen LogP contribution in [0.4, 0.5) is 27.6 Å². The van der Waals surface area contributed by atoms with Gasteiger partial charge in [0.25, 0.3) is 0 Å². The fraction of sp³-hybridized carbons (Fsp3) is 0. The monoisotopic (exact) mass is 383 g/mol. The summed E-state index contributed by atoms with van der Waals surface area (Å²) in [5, 5.41) is 0. The zero-order valence-electron chi connectivity index (χ0n) is 12.9. The lowest BCUT2D eigenvalue weighted by molar-refractivity contribution is 0.381. The normalized spacial score (nSPS) is 11.4. The van der Waals surface area contributed by atoms with Crippen molar-refractivity contribution in [2.24, 2.45) is 4.36 Å². The second kappa shape index (κ2) is 6.87. The summed E-state index contributed by atoms with van der Waals surface area (Å²) in [6, 6.07) is 14.9. The Hall–Kier alpha value is -2.74. The van der Waals surface area contributed by atoms with Crippen molar-refractivity contribution in [3.63, 3.8) is 0 Å². The molecule has 2 nitrogen and oxygen atoms in total. The van der Waals surface area contributed by atoms with E-state index in [0.717, 1.165) is 0 Å². The summed E-state index contributed by atoms with van der Waals surface area (Å²) in [4.78, 5) is 0.130. The Morgan fingerprint density at radius 3 is 1.31 bits per heavy atom. The van der Waals surface area contributed by atoms with Crippen LogP contribution in [0.2, 0.25) is 0 Å². The van der Waals surface area contributed by atoms with Crippen molar-refractivity contribution in [3.05, 3.63) is 89.7 Å². The van der Waals surface area contributed by atoms with E-state index in [1.165, 1.54) is 48.5 Å². The Morgan fingerprint density at radius 2 is 0.923 bits per heavy atom. The summed E-state index contributed by atoms with van der Waals surface area (Å²) in [5.74, 6) is -10.9. The van der Waals surface area contributed by atoms with E-state index in [4.69, 9.17) is 0 Å². The molecule has 0 bridgehead atoms. The average Bonchev–Trinajstić information content (AvgIpc) is 2.69. The SMILES string of the molecule is O=S(=Nc1c(F)c(F)c(F)c(F)c1F)(c1ccccc1)c1ccccc1. The first-order valence-electron chi connectivity index (χ1n) is 7.25. The predicted octanol–water partition coefficient (Wildman–Crippen LogP) is 5.60. The van der Waals surface area contributed by atoms with Gasteiger partial charge in [0.1, 0.15) is 9.73 Å². The quantitative estimate of drug-likeness (QED) is 0.329. The second-order valence-electron chi connectivity index (χ2n) is 5.16. The Labute approximate surface area is 146 Å². The van der Waals surface area contributed by atoms with Crippen molar-refractivity contribution >= 4 is 15.4 Å². The summed E-state index contributed by atoms with van der Waals surface area (Å²) >= 11 is 0. The lowest BCUT2D eigenvalue weighted by Crippen LogP contribution is -2.05. The molecule has 3 rings (SSSR count). The lowest BCUT2D eigenvalue weighted by Gasteiger charge is -2.12. The third kappa shape index (κ3) is 2.96. The average molecular weight is 383 g/mol. The molecule has 0 radical (unpaired) electrons. The summed E-state index contributed by atoms with van der Waals surface area (Å²) in [6.45, 7) is 0.